The lowest BCUT2D eigenvalue weighted by Gasteiger charge is -2.13. The highest BCUT2D eigenvalue weighted by Crippen LogP contribution is 2.38. The van der Waals surface area contributed by atoms with Crippen molar-refractivity contribution in [3.05, 3.63) is 65.4 Å². The van der Waals surface area contributed by atoms with Gasteiger partial charge in [-0.05, 0) is 55.0 Å². The second kappa shape index (κ2) is 10.8. The van der Waals surface area contributed by atoms with Gasteiger partial charge in [0.25, 0.3) is 0 Å². The van der Waals surface area contributed by atoms with Crippen LogP contribution >= 0.6 is 0 Å². The Balaban J connectivity index is 1.58. The molecule has 0 unspecified atom stereocenters. The fraction of sp³-hybridized carbons (Fsp3) is 0.393. The van der Waals surface area contributed by atoms with Crippen LogP contribution in [-0.4, -0.2) is 26.8 Å². The van der Waals surface area contributed by atoms with Crippen molar-refractivity contribution in [3.8, 4) is 17.0 Å². The van der Waals surface area contributed by atoms with Crippen LogP contribution < -0.4 is 10.6 Å². The fourth-order valence-corrected chi connectivity index (χ4v) is 4.67. The van der Waals surface area contributed by atoms with Gasteiger partial charge in [-0.2, -0.15) is 9.78 Å². The second-order valence-corrected chi connectivity index (χ2v) is 9.81. The molecule has 184 valence electrons. The molecule has 1 saturated carbocycles. The molecule has 0 aliphatic heterocycles. The van der Waals surface area contributed by atoms with Crippen LogP contribution in [0.3, 0.4) is 0 Å². The number of phenols is 1. The Labute approximate surface area is 206 Å². The standard InChI is InChI=1S/C28H34N4O3/c1-18(2)14-27(34)30-22-12-13-23(26(33)15-22)24-16-25(20-9-6-7-10-20)32(31-24)28(35)29-17-21-11-5-4-8-19(21)3/h4-5,8,11-13,15-16,18,20,33H,6-7,9-10,14,17H2,1-3H3,(H,29,35)(H,30,34). The van der Waals surface area contributed by atoms with E-state index in [0.29, 0.717) is 29.9 Å². The lowest BCUT2D eigenvalue weighted by molar-refractivity contribution is -0.116. The van der Waals surface area contributed by atoms with Gasteiger partial charge in [-0.1, -0.05) is 51.0 Å². The first kappa shape index (κ1) is 24.5. The molecule has 0 spiro atoms. The van der Waals surface area contributed by atoms with Gasteiger partial charge in [0.2, 0.25) is 5.91 Å². The Kier molecular flexibility index (Phi) is 7.54. The maximum absolute atomic E-state index is 13.2. The van der Waals surface area contributed by atoms with E-state index in [4.69, 9.17) is 0 Å². The van der Waals surface area contributed by atoms with Crippen LogP contribution in [0.2, 0.25) is 0 Å². The first-order valence-electron chi connectivity index (χ1n) is 12.4. The zero-order chi connectivity index (χ0) is 24.9. The largest absolute Gasteiger partial charge is 0.507 e. The molecule has 1 aliphatic rings. The van der Waals surface area contributed by atoms with E-state index in [2.05, 4.69) is 15.7 Å². The minimum Gasteiger partial charge on any atom is -0.507 e. The summed E-state index contributed by atoms with van der Waals surface area (Å²) in [5, 5.41) is 21.2. The van der Waals surface area contributed by atoms with Gasteiger partial charge >= 0.3 is 6.03 Å². The molecule has 3 N–H and O–H groups in total. The summed E-state index contributed by atoms with van der Waals surface area (Å²) in [5.74, 6) is 0.426. The summed E-state index contributed by atoms with van der Waals surface area (Å²) in [6.45, 7) is 6.40. The van der Waals surface area contributed by atoms with Gasteiger partial charge in [0.05, 0.1) is 11.4 Å². The number of benzene rings is 2. The van der Waals surface area contributed by atoms with Crippen LogP contribution in [0.5, 0.6) is 5.75 Å². The van der Waals surface area contributed by atoms with Crippen molar-refractivity contribution < 1.29 is 14.7 Å². The number of carbonyl (C=O) groups is 2. The summed E-state index contributed by atoms with van der Waals surface area (Å²) >= 11 is 0. The molecular weight excluding hydrogens is 440 g/mol. The average molecular weight is 475 g/mol. The predicted molar refractivity (Wildman–Crippen MR) is 137 cm³/mol. The number of anilines is 1. The van der Waals surface area contributed by atoms with Gasteiger partial charge in [-0.25, -0.2) is 4.79 Å². The normalized spacial score (nSPS) is 13.8. The van der Waals surface area contributed by atoms with Crippen molar-refractivity contribution in [1.82, 2.24) is 15.1 Å². The zero-order valence-electron chi connectivity index (χ0n) is 20.7. The Morgan fingerprint density at radius 3 is 2.54 bits per heavy atom. The Bertz CT molecular complexity index is 1210. The van der Waals surface area contributed by atoms with Gasteiger partial charge in [0.1, 0.15) is 5.75 Å². The summed E-state index contributed by atoms with van der Waals surface area (Å²) < 4.78 is 1.46. The Morgan fingerprint density at radius 1 is 1.11 bits per heavy atom. The molecule has 3 aromatic rings. The molecular formula is C28H34N4O3. The number of aromatic nitrogens is 2. The van der Waals surface area contributed by atoms with Crippen molar-refractivity contribution in [2.24, 2.45) is 5.92 Å². The van der Waals surface area contributed by atoms with E-state index in [1.54, 1.807) is 12.1 Å². The molecule has 1 aromatic heterocycles. The minimum atomic E-state index is -0.279. The quantitative estimate of drug-likeness (QED) is 0.393. The number of aryl methyl sites for hydroxylation is 1. The zero-order valence-corrected chi connectivity index (χ0v) is 20.7. The van der Waals surface area contributed by atoms with Crippen LogP contribution in [0.15, 0.2) is 48.5 Å². The van der Waals surface area contributed by atoms with E-state index in [-0.39, 0.29) is 29.5 Å². The van der Waals surface area contributed by atoms with Crippen LogP contribution in [0.1, 0.15) is 68.7 Å². The summed E-state index contributed by atoms with van der Waals surface area (Å²) in [5.41, 5.74) is 4.64. The number of carbonyl (C=O) groups excluding carboxylic acids is 2. The van der Waals surface area contributed by atoms with Gasteiger partial charge < -0.3 is 15.7 Å². The molecule has 1 fully saturated rings. The average Bonchev–Trinajstić information content (AvgIpc) is 3.48. The van der Waals surface area contributed by atoms with E-state index in [9.17, 15) is 14.7 Å². The number of aromatic hydroxyl groups is 1. The number of amides is 2. The number of phenolic OH excluding ortho intramolecular Hbond substituents is 1. The molecule has 0 radical (unpaired) electrons. The Morgan fingerprint density at radius 2 is 1.86 bits per heavy atom. The SMILES string of the molecule is Cc1ccccc1CNC(=O)n1nc(-c2ccc(NC(=O)CC(C)C)cc2O)cc1C1CCCC1. The lowest BCUT2D eigenvalue weighted by atomic mass is 10.0. The molecule has 0 bridgehead atoms. The highest BCUT2D eigenvalue weighted by atomic mass is 16.3. The lowest BCUT2D eigenvalue weighted by Crippen LogP contribution is -2.31. The second-order valence-electron chi connectivity index (χ2n) is 9.81. The molecule has 7 nitrogen and oxygen atoms in total. The van der Waals surface area contributed by atoms with Gasteiger partial charge in [-0.15, -0.1) is 0 Å². The van der Waals surface area contributed by atoms with Gasteiger partial charge in [-0.3, -0.25) is 4.79 Å². The summed E-state index contributed by atoms with van der Waals surface area (Å²) in [6.07, 6.45) is 4.71. The van der Waals surface area contributed by atoms with Crippen molar-refractivity contribution in [3.63, 3.8) is 0 Å². The van der Waals surface area contributed by atoms with Crippen LogP contribution in [0.4, 0.5) is 10.5 Å². The van der Waals surface area contributed by atoms with Crippen LogP contribution in [0.25, 0.3) is 11.3 Å². The first-order chi connectivity index (χ1) is 16.8. The number of rotatable bonds is 7. The minimum absolute atomic E-state index is 0.00953. The number of hydrogen-bond donors (Lipinski definition) is 3. The number of hydrogen-bond acceptors (Lipinski definition) is 4. The van der Waals surface area contributed by atoms with E-state index in [1.165, 1.54) is 10.7 Å². The monoisotopic (exact) mass is 474 g/mol. The summed E-state index contributed by atoms with van der Waals surface area (Å²) in [7, 11) is 0. The van der Waals surface area contributed by atoms with E-state index in [0.717, 1.165) is 42.5 Å². The third kappa shape index (κ3) is 5.91. The van der Waals surface area contributed by atoms with Crippen molar-refractivity contribution in [1.29, 1.82) is 0 Å². The first-order valence-corrected chi connectivity index (χ1v) is 12.4. The molecule has 7 heteroatoms. The highest BCUT2D eigenvalue weighted by molar-refractivity contribution is 5.91. The van der Waals surface area contributed by atoms with E-state index >= 15 is 0 Å². The summed E-state index contributed by atoms with van der Waals surface area (Å²) in [4.78, 5) is 25.3. The maximum Gasteiger partial charge on any atom is 0.342 e. The maximum atomic E-state index is 13.2. The molecule has 2 aromatic carbocycles. The number of nitrogens with zero attached hydrogens (tertiary/aromatic N) is 2. The van der Waals surface area contributed by atoms with Crippen molar-refractivity contribution >= 4 is 17.6 Å². The smallest absolute Gasteiger partial charge is 0.342 e. The molecule has 1 heterocycles. The highest BCUT2D eigenvalue weighted by Gasteiger charge is 2.26. The van der Waals surface area contributed by atoms with Crippen molar-refractivity contribution in [2.75, 3.05) is 5.32 Å². The molecule has 0 saturated heterocycles. The third-order valence-electron chi connectivity index (χ3n) is 6.55. The number of nitrogens with one attached hydrogen (secondary N) is 2. The molecule has 2 amide bonds. The molecule has 1 aliphatic carbocycles. The van der Waals surface area contributed by atoms with Crippen molar-refractivity contribution in [2.45, 2.75) is 65.3 Å². The van der Waals surface area contributed by atoms with Gasteiger partial charge in [0, 0.05) is 36.2 Å². The molecule has 0 atom stereocenters. The third-order valence-corrected chi connectivity index (χ3v) is 6.55. The topological polar surface area (TPSA) is 96.3 Å². The van der Waals surface area contributed by atoms with Gasteiger partial charge in [0.15, 0.2) is 0 Å². The Hall–Kier alpha value is -3.61. The van der Waals surface area contributed by atoms with Crippen LogP contribution in [0, 0.1) is 12.8 Å². The summed E-state index contributed by atoms with van der Waals surface area (Å²) in [6, 6.07) is 14.6. The van der Waals surface area contributed by atoms with E-state index in [1.807, 2.05) is 51.1 Å². The van der Waals surface area contributed by atoms with Crippen LogP contribution in [-0.2, 0) is 11.3 Å². The fourth-order valence-electron chi connectivity index (χ4n) is 4.67. The molecule has 35 heavy (non-hydrogen) atoms. The predicted octanol–water partition coefficient (Wildman–Crippen LogP) is 5.96. The van der Waals surface area contributed by atoms with E-state index < -0.39 is 0 Å². The molecule has 4 rings (SSSR count).